The number of benzene rings is 1. The number of aromatic carboxylic acids is 1. The Balaban J connectivity index is 2.84. The third kappa shape index (κ3) is 2.19. The normalized spacial score (nSPS) is 10.8. The Kier molecular flexibility index (Phi) is 3.55. The summed E-state index contributed by atoms with van der Waals surface area (Å²) in [5.74, 6) is -1.99. The van der Waals surface area contributed by atoms with E-state index in [1.165, 1.54) is 4.57 Å². The van der Waals surface area contributed by atoms with Gasteiger partial charge in [-0.05, 0) is 12.5 Å². The van der Waals surface area contributed by atoms with Gasteiger partial charge in [0.1, 0.15) is 5.56 Å². The predicted molar refractivity (Wildman–Crippen MR) is 71.7 cm³/mol. The number of rotatable bonds is 4. The first-order valence-corrected chi connectivity index (χ1v) is 6.15. The Bertz CT molecular complexity index is 688. The van der Waals surface area contributed by atoms with E-state index in [9.17, 15) is 14.7 Å². The minimum absolute atomic E-state index is 0.326. The first-order chi connectivity index (χ1) is 9.07. The van der Waals surface area contributed by atoms with Crippen molar-refractivity contribution in [1.82, 2.24) is 4.57 Å². The molecule has 0 bridgehead atoms. The number of para-hydroxylation sites is 1. The molecule has 100 valence electrons. The standard InChI is InChI=1S/C14H15NO4/c1-2-3-8-15-10-7-5-4-6-9(10)11(14(18)19)12(16)13(15)17/h4-7,16H,2-3,8H2,1H3,(H,18,19). The van der Waals surface area contributed by atoms with Gasteiger partial charge in [-0.15, -0.1) is 0 Å². The average Bonchev–Trinajstić information content (AvgIpc) is 2.39. The number of nitrogens with zero attached hydrogens (tertiary/aromatic N) is 1. The highest BCUT2D eigenvalue weighted by atomic mass is 16.4. The molecule has 0 amide bonds. The lowest BCUT2D eigenvalue weighted by Gasteiger charge is -2.12. The Hall–Kier alpha value is -2.30. The van der Waals surface area contributed by atoms with Crippen LogP contribution in [0.1, 0.15) is 30.1 Å². The van der Waals surface area contributed by atoms with Crippen LogP contribution in [0.4, 0.5) is 0 Å². The summed E-state index contributed by atoms with van der Waals surface area (Å²) in [4.78, 5) is 23.3. The summed E-state index contributed by atoms with van der Waals surface area (Å²) >= 11 is 0. The SMILES string of the molecule is CCCCn1c(=O)c(O)c(C(=O)O)c2ccccc21. The fraction of sp³-hybridized carbons (Fsp3) is 0.286. The quantitative estimate of drug-likeness (QED) is 0.884. The third-order valence-corrected chi connectivity index (χ3v) is 3.10. The molecule has 0 saturated heterocycles. The van der Waals surface area contributed by atoms with Crippen molar-refractivity contribution in [2.75, 3.05) is 0 Å². The maximum absolute atomic E-state index is 12.1. The fourth-order valence-corrected chi connectivity index (χ4v) is 2.15. The van der Waals surface area contributed by atoms with Gasteiger partial charge < -0.3 is 14.8 Å². The van der Waals surface area contributed by atoms with E-state index in [1.807, 2.05) is 6.92 Å². The van der Waals surface area contributed by atoms with Crippen molar-refractivity contribution in [3.63, 3.8) is 0 Å². The van der Waals surface area contributed by atoms with E-state index in [-0.39, 0.29) is 5.56 Å². The van der Waals surface area contributed by atoms with Crippen LogP contribution in [0.15, 0.2) is 29.1 Å². The van der Waals surface area contributed by atoms with Crippen LogP contribution in [0, 0.1) is 0 Å². The first kappa shape index (κ1) is 13.1. The van der Waals surface area contributed by atoms with E-state index in [0.29, 0.717) is 17.4 Å². The number of aromatic hydroxyl groups is 1. The van der Waals surface area contributed by atoms with Crippen LogP contribution in [0.2, 0.25) is 0 Å². The molecule has 5 nitrogen and oxygen atoms in total. The van der Waals surface area contributed by atoms with Gasteiger partial charge in [0, 0.05) is 11.9 Å². The van der Waals surface area contributed by atoms with Gasteiger partial charge in [0.05, 0.1) is 5.52 Å². The molecule has 0 unspecified atom stereocenters. The molecule has 5 heteroatoms. The zero-order valence-electron chi connectivity index (χ0n) is 10.6. The van der Waals surface area contributed by atoms with E-state index in [2.05, 4.69) is 0 Å². The van der Waals surface area contributed by atoms with Crippen molar-refractivity contribution in [1.29, 1.82) is 0 Å². The number of hydrogen-bond acceptors (Lipinski definition) is 3. The number of aryl methyl sites for hydroxylation is 1. The van der Waals surface area contributed by atoms with Crippen molar-refractivity contribution in [3.8, 4) is 5.75 Å². The average molecular weight is 261 g/mol. The van der Waals surface area contributed by atoms with Crippen LogP contribution >= 0.6 is 0 Å². The molecule has 1 heterocycles. The largest absolute Gasteiger partial charge is 0.502 e. The molecule has 0 fully saturated rings. The Morgan fingerprint density at radius 3 is 2.63 bits per heavy atom. The van der Waals surface area contributed by atoms with Gasteiger partial charge in [0.25, 0.3) is 5.56 Å². The molecule has 0 radical (unpaired) electrons. The predicted octanol–water partition coefficient (Wildman–Crippen LogP) is 2.21. The molecule has 0 aliphatic heterocycles. The van der Waals surface area contributed by atoms with Gasteiger partial charge >= 0.3 is 5.97 Å². The molecule has 0 aliphatic carbocycles. The van der Waals surface area contributed by atoms with E-state index in [0.717, 1.165) is 12.8 Å². The molecule has 0 spiro atoms. The molecular weight excluding hydrogens is 246 g/mol. The maximum Gasteiger partial charge on any atom is 0.340 e. The van der Waals surface area contributed by atoms with Gasteiger partial charge in [0.15, 0.2) is 5.75 Å². The van der Waals surface area contributed by atoms with Crippen molar-refractivity contribution >= 4 is 16.9 Å². The number of carbonyl (C=O) groups is 1. The minimum atomic E-state index is -1.30. The van der Waals surface area contributed by atoms with Crippen LogP contribution in [0.5, 0.6) is 5.75 Å². The molecule has 2 N–H and O–H groups in total. The Labute approximate surface area is 109 Å². The second-order valence-corrected chi connectivity index (χ2v) is 4.36. The summed E-state index contributed by atoms with van der Waals surface area (Å²) in [6, 6.07) is 6.72. The third-order valence-electron chi connectivity index (χ3n) is 3.10. The number of hydrogen-bond donors (Lipinski definition) is 2. The number of pyridine rings is 1. The first-order valence-electron chi connectivity index (χ1n) is 6.15. The summed E-state index contributed by atoms with van der Waals surface area (Å²) in [6.45, 7) is 2.46. The zero-order valence-corrected chi connectivity index (χ0v) is 10.6. The lowest BCUT2D eigenvalue weighted by molar-refractivity contribution is 0.0695. The van der Waals surface area contributed by atoms with Crippen LogP contribution in [-0.4, -0.2) is 20.7 Å². The van der Waals surface area contributed by atoms with E-state index in [4.69, 9.17) is 5.11 Å². The van der Waals surface area contributed by atoms with Crippen LogP contribution in [0.25, 0.3) is 10.9 Å². The van der Waals surface area contributed by atoms with Crippen molar-refractivity contribution in [2.24, 2.45) is 0 Å². The second kappa shape index (κ2) is 5.14. The summed E-state index contributed by atoms with van der Waals surface area (Å²) < 4.78 is 1.43. The fourth-order valence-electron chi connectivity index (χ4n) is 2.15. The Morgan fingerprint density at radius 2 is 2.00 bits per heavy atom. The van der Waals surface area contributed by atoms with Gasteiger partial charge in [-0.25, -0.2) is 4.79 Å². The van der Waals surface area contributed by atoms with Crippen LogP contribution in [-0.2, 0) is 6.54 Å². The molecular formula is C14H15NO4. The Morgan fingerprint density at radius 1 is 1.32 bits per heavy atom. The molecule has 0 saturated carbocycles. The van der Waals surface area contributed by atoms with Crippen molar-refractivity contribution < 1.29 is 15.0 Å². The molecule has 1 aromatic carbocycles. The van der Waals surface area contributed by atoms with Gasteiger partial charge in [-0.3, -0.25) is 4.79 Å². The molecule has 2 aromatic rings. The summed E-state index contributed by atoms with van der Waals surface area (Å²) in [7, 11) is 0. The van der Waals surface area contributed by atoms with E-state index >= 15 is 0 Å². The van der Waals surface area contributed by atoms with E-state index < -0.39 is 17.3 Å². The molecule has 0 aliphatic rings. The maximum atomic E-state index is 12.1. The van der Waals surface area contributed by atoms with E-state index in [1.54, 1.807) is 24.3 Å². The molecule has 0 atom stereocenters. The smallest absolute Gasteiger partial charge is 0.340 e. The second-order valence-electron chi connectivity index (χ2n) is 4.36. The van der Waals surface area contributed by atoms with Crippen molar-refractivity contribution in [3.05, 3.63) is 40.2 Å². The number of carboxylic acid groups (broad SMARTS) is 1. The molecule has 19 heavy (non-hydrogen) atoms. The molecule has 2 rings (SSSR count). The topological polar surface area (TPSA) is 79.5 Å². The van der Waals surface area contributed by atoms with Gasteiger partial charge in [-0.1, -0.05) is 31.5 Å². The van der Waals surface area contributed by atoms with Gasteiger partial charge in [-0.2, -0.15) is 0 Å². The number of aromatic nitrogens is 1. The summed E-state index contributed by atoms with van der Waals surface area (Å²) in [5, 5.41) is 19.4. The van der Waals surface area contributed by atoms with Gasteiger partial charge in [0.2, 0.25) is 0 Å². The van der Waals surface area contributed by atoms with Crippen LogP contribution in [0.3, 0.4) is 0 Å². The van der Waals surface area contributed by atoms with Crippen molar-refractivity contribution in [2.45, 2.75) is 26.3 Å². The summed E-state index contributed by atoms with van der Waals surface area (Å²) in [5.41, 5.74) is -0.436. The number of fused-ring (bicyclic) bond motifs is 1. The highest BCUT2D eigenvalue weighted by Gasteiger charge is 2.20. The van der Waals surface area contributed by atoms with Crippen LogP contribution < -0.4 is 5.56 Å². The zero-order chi connectivity index (χ0) is 14.0. The minimum Gasteiger partial charge on any atom is -0.502 e. The number of unbranched alkanes of at least 4 members (excludes halogenated alkanes) is 1. The lowest BCUT2D eigenvalue weighted by atomic mass is 10.1. The number of carboxylic acids is 1. The highest BCUT2D eigenvalue weighted by molar-refractivity contribution is 6.04. The lowest BCUT2D eigenvalue weighted by Crippen LogP contribution is -2.23. The molecule has 1 aromatic heterocycles. The summed E-state index contributed by atoms with van der Waals surface area (Å²) in [6.07, 6.45) is 1.69. The monoisotopic (exact) mass is 261 g/mol. The highest BCUT2D eigenvalue weighted by Crippen LogP contribution is 2.24.